The summed E-state index contributed by atoms with van der Waals surface area (Å²) in [6.45, 7) is 0.380. The molecule has 0 radical (unpaired) electrons. The smallest absolute Gasteiger partial charge is 0.323 e. The van der Waals surface area contributed by atoms with Crippen LogP contribution in [0.2, 0.25) is 0 Å². The fourth-order valence-corrected chi connectivity index (χ4v) is 2.32. The number of rotatable bonds is 4. The lowest BCUT2D eigenvalue weighted by Crippen LogP contribution is -2.25. The van der Waals surface area contributed by atoms with Crippen molar-refractivity contribution in [1.82, 2.24) is 15.3 Å². The molecule has 5 N–H and O–H groups in total. The average molecular weight is 313 g/mol. The molecule has 1 heterocycles. The number of carbonyl (C=O) groups excluding carboxylic acids is 1. The summed E-state index contributed by atoms with van der Waals surface area (Å²) in [7, 11) is 0. The Morgan fingerprint density at radius 2 is 1.78 bits per heavy atom. The number of phenols is 2. The van der Waals surface area contributed by atoms with E-state index in [4.69, 9.17) is 0 Å². The normalized spacial score (nSPS) is 10.8. The van der Waals surface area contributed by atoms with Gasteiger partial charge in [0.15, 0.2) is 11.5 Å². The third kappa shape index (κ3) is 3.18. The standard InChI is InChI=1S/C16H15N3O4/c20-13-4-1-9(7-14(13)21)5-6-17-15(22)10-2-3-11-12(8-10)19-16(23)18-11/h1-4,7-8,20-21H,5-6H2,(H,17,22)(H2,18,19,23). The summed E-state index contributed by atoms with van der Waals surface area (Å²) in [6, 6.07) is 9.45. The number of aromatic amines is 2. The Kier molecular flexibility index (Phi) is 3.76. The molecule has 0 bridgehead atoms. The minimum atomic E-state index is -0.315. The third-order valence-electron chi connectivity index (χ3n) is 3.52. The van der Waals surface area contributed by atoms with E-state index in [9.17, 15) is 19.8 Å². The van der Waals surface area contributed by atoms with Gasteiger partial charge in [0.2, 0.25) is 0 Å². The molecule has 0 atom stereocenters. The number of phenolic OH excluding ortho intramolecular Hbond substituents is 2. The van der Waals surface area contributed by atoms with E-state index in [0.29, 0.717) is 29.6 Å². The fraction of sp³-hybridized carbons (Fsp3) is 0.125. The molecule has 0 aliphatic heterocycles. The summed E-state index contributed by atoms with van der Waals surface area (Å²) >= 11 is 0. The molecule has 0 fully saturated rings. The summed E-state index contributed by atoms with van der Waals surface area (Å²) in [4.78, 5) is 28.5. The van der Waals surface area contributed by atoms with Gasteiger partial charge in [0.25, 0.3) is 5.91 Å². The molecule has 7 nitrogen and oxygen atoms in total. The highest BCUT2D eigenvalue weighted by Crippen LogP contribution is 2.24. The van der Waals surface area contributed by atoms with E-state index in [1.54, 1.807) is 24.3 Å². The third-order valence-corrected chi connectivity index (χ3v) is 3.52. The van der Waals surface area contributed by atoms with Crippen LogP contribution in [0.1, 0.15) is 15.9 Å². The second kappa shape index (κ2) is 5.88. The molecule has 23 heavy (non-hydrogen) atoms. The van der Waals surface area contributed by atoms with Crippen LogP contribution >= 0.6 is 0 Å². The van der Waals surface area contributed by atoms with Crippen molar-refractivity contribution in [2.45, 2.75) is 6.42 Å². The van der Waals surface area contributed by atoms with Crippen LogP contribution in [-0.4, -0.2) is 32.6 Å². The Morgan fingerprint density at radius 3 is 2.57 bits per heavy atom. The number of amides is 1. The quantitative estimate of drug-likeness (QED) is 0.466. The van der Waals surface area contributed by atoms with Gasteiger partial charge in [-0.15, -0.1) is 0 Å². The van der Waals surface area contributed by atoms with Crippen LogP contribution in [-0.2, 0) is 6.42 Å². The summed E-state index contributed by atoms with van der Waals surface area (Å²) < 4.78 is 0. The van der Waals surface area contributed by atoms with Crippen molar-refractivity contribution in [2.24, 2.45) is 0 Å². The maximum absolute atomic E-state index is 12.1. The van der Waals surface area contributed by atoms with Gasteiger partial charge in [-0.25, -0.2) is 4.79 Å². The maximum atomic E-state index is 12.1. The molecule has 7 heteroatoms. The van der Waals surface area contributed by atoms with E-state index in [1.807, 2.05) is 0 Å². The molecule has 0 saturated heterocycles. The highest BCUT2D eigenvalue weighted by Gasteiger charge is 2.08. The van der Waals surface area contributed by atoms with Gasteiger partial charge in [0.05, 0.1) is 11.0 Å². The van der Waals surface area contributed by atoms with E-state index in [-0.39, 0.29) is 23.1 Å². The monoisotopic (exact) mass is 313 g/mol. The Labute approximate surface area is 130 Å². The number of hydrogen-bond acceptors (Lipinski definition) is 4. The van der Waals surface area contributed by atoms with E-state index in [0.717, 1.165) is 5.56 Å². The van der Waals surface area contributed by atoms with Gasteiger partial charge in [0.1, 0.15) is 0 Å². The molecular weight excluding hydrogens is 298 g/mol. The minimum absolute atomic E-state index is 0.174. The number of H-pyrrole nitrogens is 2. The van der Waals surface area contributed by atoms with Crippen molar-refractivity contribution in [3.8, 4) is 11.5 Å². The van der Waals surface area contributed by atoms with Crippen molar-refractivity contribution in [1.29, 1.82) is 0 Å². The average Bonchev–Trinajstić information content (AvgIpc) is 2.89. The number of nitrogens with one attached hydrogen (secondary N) is 3. The first-order chi connectivity index (χ1) is 11.0. The Hall–Kier alpha value is -3.22. The highest BCUT2D eigenvalue weighted by atomic mass is 16.3. The SMILES string of the molecule is O=C(NCCc1ccc(O)c(O)c1)c1ccc2[nH]c(=O)[nH]c2c1. The summed E-state index contributed by atoms with van der Waals surface area (Å²) in [5.74, 6) is -0.612. The van der Waals surface area contributed by atoms with Crippen molar-refractivity contribution in [2.75, 3.05) is 6.54 Å². The van der Waals surface area contributed by atoms with E-state index in [1.165, 1.54) is 12.1 Å². The van der Waals surface area contributed by atoms with Crippen LogP contribution in [0.5, 0.6) is 11.5 Å². The molecule has 3 aromatic rings. The fourth-order valence-electron chi connectivity index (χ4n) is 2.32. The van der Waals surface area contributed by atoms with Crippen LogP contribution in [0.15, 0.2) is 41.2 Å². The molecule has 0 aliphatic carbocycles. The molecule has 1 aromatic heterocycles. The van der Waals surface area contributed by atoms with Crippen LogP contribution in [0.25, 0.3) is 11.0 Å². The van der Waals surface area contributed by atoms with Gasteiger partial charge in [-0.3, -0.25) is 4.79 Å². The van der Waals surface area contributed by atoms with Gasteiger partial charge in [-0.2, -0.15) is 0 Å². The number of benzene rings is 2. The number of aromatic nitrogens is 2. The second-order valence-electron chi connectivity index (χ2n) is 5.17. The van der Waals surface area contributed by atoms with Gasteiger partial charge >= 0.3 is 5.69 Å². The molecule has 1 amide bonds. The van der Waals surface area contributed by atoms with Crippen molar-refractivity contribution >= 4 is 16.9 Å². The molecule has 3 rings (SSSR count). The first kappa shape index (κ1) is 14.7. The lowest BCUT2D eigenvalue weighted by Gasteiger charge is -2.06. The molecule has 0 saturated carbocycles. The van der Waals surface area contributed by atoms with Gasteiger partial charge in [-0.05, 0) is 42.3 Å². The van der Waals surface area contributed by atoms with Crippen LogP contribution in [0.3, 0.4) is 0 Å². The number of aromatic hydroxyl groups is 2. The lowest BCUT2D eigenvalue weighted by atomic mass is 10.1. The molecule has 0 unspecified atom stereocenters. The van der Waals surface area contributed by atoms with Crippen LogP contribution < -0.4 is 11.0 Å². The molecular formula is C16H15N3O4. The van der Waals surface area contributed by atoms with Gasteiger partial charge in [0, 0.05) is 12.1 Å². The second-order valence-corrected chi connectivity index (χ2v) is 5.17. The Balaban J connectivity index is 1.63. The molecule has 118 valence electrons. The number of fused-ring (bicyclic) bond motifs is 1. The van der Waals surface area contributed by atoms with Gasteiger partial charge in [-0.1, -0.05) is 6.07 Å². The van der Waals surface area contributed by atoms with E-state index >= 15 is 0 Å². The lowest BCUT2D eigenvalue weighted by molar-refractivity contribution is 0.0954. The van der Waals surface area contributed by atoms with E-state index < -0.39 is 0 Å². The first-order valence-electron chi connectivity index (χ1n) is 7.04. The van der Waals surface area contributed by atoms with Crippen molar-refractivity contribution < 1.29 is 15.0 Å². The molecule has 0 spiro atoms. The number of imidazole rings is 1. The van der Waals surface area contributed by atoms with Crippen LogP contribution in [0.4, 0.5) is 0 Å². The Morgan fingerprint density at radius 1 is 1.00 bits per heavy atom. The topological polar surface area (TPSA) is 118 Å². The first-order valence-corrected chi connectivity index (χ1v) is 7.04. The predicted molar refractivity (Wildman–Crippen MR) is 84.7 cm³/mol. The zero-order valence-electron chi connectivity index (χ0n) is 12.1. The zero-order valence-corrected chi connectivity index (χ0v) is 12.1. The largest absolute Gasteiger partial charge is 0.504 e. The summed E-state index contributed by atoms with van der Waals surface area (Å²) in [6.07, 6.45) is 0.517. The number of hydrogen-bond donors (Lipinski definition) is 5. The predicted octanol–water partition coefficient (Wildman–Crippen LogP) is 1.24. The summed E-state index contributed by atoms with van der Waals surface area (Å²) in [5, 5.41) is 21.4. The maximum Gasteiger partial charge on any atom is 0.323 e. The van der Waals surface area contributed by atoms with Crippen molar-refractivity contribution in [3.63, 3.8) is 0 Å². The van der Waals surface area contributed by atoms with Crippen molar-refractivity contribution in [3.05, 3.63) is 58.0 Å². The highest BCUT2D eigenvalue weighted by molar-refractivity contribution is 5.97. The Bertz CT molecular complexity index is 926. The van der Waals surface area contributed by atoms with Crippen LogP contribution in [0, 0.1) is 0 Å². The van der Waals surface area contributed by atoms with E-state index in [2.05, 4.69) is 15.3 Å². The number of carbonyl (C=O) groups is 1. The summed E-state index contributed by atoms with van der Waals surface area (Å²) in [5.41, 5.74) is 2.15. The minimum Gasteiger partial charge on any atom is -0.504 e. The van der Waals surface area contributed by atoms with Gasteiger partial charge < -0.3 is 25.5 Å². The molecule has 0 aliphatic rings. The molecule has 2 aromatic carbocycles. The zero-order chi connectivity index (χ0) is 16.4.